The topological polar surface area (TPSA) is 349 Å². The number of rotatable bonds is 4. The fraction of sp³-hybridized carbons (Fsp3) is 0.500. The van der Waals surface area contributed by atoms with E-state index in [0.29, 0.717) is 0 Å². The molecule has 0 aromatic carbocycles. The van der Waals surface area contributed by atoms with Crippen molar-refractivity contribution in [3.05, 3.63) is 23.0 Å². The summed E-state index contributed by atoms with van der Waals surface area (Å²) < 4.78 is 21.1. The number of fused-ring (bicyclic) bond motifs is 1. The summed E-state index contributed by atoms with van der Waals surface area (Å²) in [6, 6.07) is 0. The average Bonchev–Trinajstić information content (AvgIpc) is 3.01. The van der Waals surface area contributed by atoms with Gasteiger partial charge in [-0.1, -0.05) is 0 Å². The molecule has 19 heteroatoms. The van der Waals surface area contributed by atoms with Gasteiger partial charge in [0.2, 0.25) is 0 Å². The van der Waals surface area contributed by atoms with Gasteiger partial charge >= 0.3 is 16.5 Å². The van der Waals surface area contributed by atoms with Crippen LogP contribution >= 0.6 is 7.82 Å². The molecule has 0 saturated carbocycles. The van der Waals surface area contributed by atoms with E-state index in [2.05, 4.69) is 19.5 Å². The zero-order valence-electron chi connectivity index (χ0n) is 14.4. The van der Waals surface area contributed by atoms with Crippen molar-refractivity contribution < 1.29 is 77.7 Å². The Bertz CT molecular complexity index is 827. The number of hydrogen-bond acceptors (Lipinski definition) is 10. The van der Waals surface area contributed by atoms with Crippen molar-refractivity contribution in [2.75, 3.05) is 6.61 Å². The number of aromatic nitrogens is 4. The third kappa shape index (κ3) is 7.12. The molecule has 2 aromatic heterocycles. The van der Waals surface area contributed by atoms with Crippen LogP contribution in [-0.4, -0.2) is 60.1 Å². The van der Waals surface area contributed by atoms with Crippen molar-refractivity contribution in [1.29, 1.82) is 0 Å². The van der Waals surface area contributed by atoms with E-state index in [4.69, 9.17) is 4.74 Å². The molecule has 17 N–H and O–H groups in total. The fourth-order valence-electron chi connectivity index (χ4n) is 2.31. The van der Waals surface area contributed by atoms with Crippen LogP contribution in [0.2, 0.25) is 0 Å². The molecule has 2 aromatic rings. The van der Waals surface area contributed by atoms with Gasteiger partial charge in [-0.15, -0.1) is 0 Å². The first-order chi connectivity index (χ1) is 10.8. The number of nitrogens with zero attached hydrogens (tertiary/aromatic N) is 3. The molecule has 4 atom stereocenters. The van der Waals surface area contributed by atoms with E-state index in [0.717, 1.165) is 6.33 Å². The van der Waals surface area contributed by atoms with Crippen molar-refractivity contribution in [3.8, 4) is 0 Å². The van der Waals surface area contributed by atoms with Crippen LogP contribution in [0, 0.1) is 0 Å². The molecular weight excluding hydrogens is 474 g/mol. The number of H-pyrrole nitrogens is 1. The minimum absolute atomic E-state index is 0. The molecule has 1 saturated heterocycles. The molecule has 1 aliphatic rings. The summed E-state index contributed by atoms with van der Waals surface area (Å²) in [5, 5.41) is 19.9. The second-order valence-electron chi connectivity index (χ2n) is 4.84. The predicted octanol–water partition coefficient (Wildman–Crippen LogP) is -7.93. The first-order valence-electron chi connectivity index (χ1n) is 6.36. The van der Waals surface area contributed by atoms with Gasteiger partial charge in [-0.3, -0.25) is 9.36 Å². The predicted molar refractivity (Wildman–Crippen MR) is 90.7 cm³/mol. The maximum absolute atomic E-state index is 11.6. The second-order valence-corrected chi connectivity index (χ2v) is 6.00. The van der Waals surface area contributed by atoms with Crippen LogP contribution in [0.15, 0.2) is 17.4 Å². The standard InChI is InChI=1S/C10H13N4O8P.Ni.5H2O/c15-6-4(1-21-23(18,19)20)22-10(7(6)16)14-3-13-5-8(14)11-2-12-9(5)17;;;;;;/h2-4,6-7,10,15-16H,1H2,(H,11,12,17)(H2,18,19,20);;5*1H2/q;+2;;;;;/p+2. The average molecular weight is 499 g/mol. The number of imidazole rings is 1. The summed E-state index contributed by atoms with van der Waals surface area (Å²) >= 11 is 0. The van der Waals surface area contributed by atoms with Crippen LogP contribution in [0.4, 0.5) is 0 Å². The summed E-state index contributed by atoms with van der Waals surface area (Å²) in [5.74, 6) is 0. The number of aromatic amines is 1. The molecular formula is C10H25N4NiO13P+4. The summed E-state index contributed by atoms with van der Waals surface area (Å²) in [4.78, 5) is 42.6. The minimum atomic E-state index is -5.24. The third-order valence-electron chi connectivity index (χ3n) is 3.37. The Morgan fingerprint density at radius 1 is 1.21 bits per heavy atom. The van der Waals surface area contributed by atoms with Gasteiger partial charge in [-0.25, -0.2) is 9.97 Å². The van der Waals surface area contributed by atoms with Crippen molar-refractivity contribution in [2.24, 2.45) is 0 Å². The summed E-state index contributed by atoms with van der Waals surface area (Å²) in [6.45, 7) is -0.750. The van der Waals surface area contributed by atoms with Gasteiger partial charge in [0.05, 0.1) is 27.1 Å². The second kappa shape index (κ2) is 13.0. The Morgan fingerprint density at radius 3 is 2.34 bits per heavy atom. The van der Waals surface area contributed by atoms with Gasteiger partial charge in [0.25, 0.3) is 5.56 Å². The summed E-state index contributed by atoms with van der Waals surface area (Å²) in [7, 11) is -5.24. The van der Waals surface area contributed by atoms with Gasteiger partial charge in [-0.2, -0.15) is 0 Å². The van der Waals surface area contributed by atoms with Gasteiger partial charge in [0.1, 0.15) is 18.3 Å². The van der Waals surface area contributed by atoms with Crippen molar-refractivity contribution >= 4 is 19.0 Å². The molecule has 1 fully saturated rings. The normalized spacial score (nSPS) is 22.6. The summed E-state index contributed by atoms with van der Waals surface area (Å²) in [6.07, 6.45) is -3.11. The number of aliphatic hydroxyl groups excluding tert-OH is 2. The van der Waals surface area contributed by atoms with Crippen LogP contribution in [0.1, 0.15) is 6.23 Å². The quantitative estimate of drug-likeness (QED) is 0.202. The number of aliphatic hydroxyl groups is 2. The van der Waals surface area contributed by atoms with E-state index in [1.54, 1.807) is 0 Å². The van der Waals surface area contributed by atoms with Crippen molar-refractivity contribution in [3.63, 3.8) is 0 Å². The Labute approximate surface area is 171 Å². The molecule has 29 heavy (non-hydrogen) atoms. The molecule has 1 aliphatic heterocycles. The molecule has 174 valence electrons. The first kappa shape index (κ1) is 35.1. The maximum Gasteiger partial charge on any atom is 2.00 e. The van der Waals surface area contributed by atoms with Crippen molar-refractivity contribution in [1.82, 2.24) is 19.5 Å². The Hall–Kier alpha value is -1.37. The number of nitrogens with one attached hydrogen (secondary N) is 1. The molecule has 0 amide bonds. The summed E-state index contributed by atoms with van der Waals surface area (Å²) in [5.41, 5.74) is -0.397. The number of hydrogen-bond donors (Lipinski definition) is 3. The van der Waals surface area contributed by atoms with Gasteiger partial charge in [0.15, 0.2) is 17.4 Å². The molecule has 0 radical (unpaired) electrons. The van der Waals surface area contributed by atoms with Crippen LogP contribution in [0.25, 0.3) is 11.2 Å². The van der Waals surface area contributed by atoms with Gasteiger partial charge < -0.3 is 66.2 Å². The van der Waals surface area contributed by atoms with Crippen molar-refractivity contribution in [2.45, 2.75) is 24.5 Å². The SMILES string of the molecule is O.O=c1[nH]cnc2c1ncn2C1OC(COP(=O)([O-])[O-])C(O)C1O.[Ni+2].[OH3+].[OH3+].[OH3+].[OH3+]. The van der Waals surface area contributed by atoms with Gasteiger partial charge in [-0.05, 0) is 0 Å². The zero-order chi connectivity index (χ0) is 16.8. The molecule has 0 aliphatic carbocycles. The van der Waals surface area contributed by atoms with Crippen LogP contribution in [-0.2, 0) is 52.2 Å². The number of phosphoric ester groups is 1. The molecule has 3 heterocycles. The van der Waals surface area contributed by atoms with Crippen LogP contribution < -0.4 is 15.3 Å². The first-order valence-corrected chi connectivity index (χ1v) is 7.82. The Morgan fingerprint density at radius 2 is 1.79 bits per heavy atom. The smallest absolute Gasteiger partial charge is 0.790 e. The number of phosphoric acid groups is 1. The van der Waals surface area contributed by atoms with E-state index < -0.39 is 44.5 Å². The van der Waals surface area contributed by atoms with E-state index in [1.165, 1.54) is 10.9 Å². The third-order valence-corrected chi connectivity index (χ3v) is 3.84. The van der Waals surface area contributed by atoms with Crippen LogP contribution in [0.3, 0.4) is 0 Å². The van der Waals surface area contributed by atoms with Gasteiger partial charge in [0, 0.05) is 0 Å². The van der Waals surface area contributed by atoms with E-state index in [-0.39, 0.29) is 55.0 Å². The molecule has 0 bridgehead atoms. The fourth-order valence-corrected chi connectivity index (χ4v) is 2.64. The van der Waals surface area contributed by atoms with E-state index >= 15 is 0 Å². The Balaban J connectivity index is -0.000000521. The molecule has 17 nitrogen and oxygen atoms in total. The largest absolute Gasteiger partial charge is 2.00 e. The molecule has 0 spiro atoms. The maximum atomic E-state index is 11.6. The number of ether oxygens (including phenoxy) is 1. The molecule has 4 unspecified atom stereocenters. The Kier molecular flexibility index (Phi) is 15.8. The van der Waals surface area contributed by atoms with Crippen LogP contribution in [0.5, 0.6) is 0 Å². The van der Waals surface area contributed by atoms with E-state index in [9.17, 15) is 29.4 Å². The molecule has 3 rings (SSSR count). The zero-order valence-corrected chi connectivity index (χ0v) is 16.3. The van der Waals surface area contributed by atoms with E-state index in [1.807, 2.05) is 0 Å². The monoisotopic (exact) mass is 498 g/mol. The minimum Gasteiger partial charge on any atom is -0.790 e.